The van der Waals surface area contributed by atoms with E-state index in [1.54, 1.807) is 0 Å². The summed E-state index contributed by atoms with van der Waals surface area (Å²) in [5.41, 5.74) is 0.282. The standard InChI is InChI=1S/C11H11ClFNO2/c12-8-6-9(13)7(11(15)16)5-10(8)14-3-1-2-4-14/h5-6H,1-4H2,(H,15,16). The van der Waals surface area contributed by atoms with Crippen LogP contribution in [0.2, 0.25) is 5.02 Å². The van der Waals surface area contributed by atoms with E-state index in [1.807, 2.05) is 4.90 Å². The van der Waals surface area contributed by atoms with Gasteiger partial charge in [0.15, 0.2) is 0 Å². The van der Waals surface area contributed by atoms with Crippen molar-refractivity contribution in [2.24, 2.45) is 0 Å². The quantitative estimate of drug-likeness (QED) is 0.868. The van der Waals surface area contributed by atoms with Crippen LogP contribution in [0.25, 0.3) is 0 Å². The number of nitrogens with zero attached hydrogens (tertiary/aromatic N) is 1. The third kappa shape index (κ3) is 1.97. The third-order valence-corrected chi connectivity index (χ3v) is 3.02. The van der Waals surface area contributed by atoms with Gasteiger partial charge in [0.05, 0.1) is 16.3 Å². The summed E-state index contributed by atoms with van der Waals surface area (Å²) < 4.78 is 13.3. The van der Waals surface area contributed by atoms with E-state index in [1.165, 1.54) is 6.07 Å². The summed E-state index contributed by atoms with van der Waals surface area (Å²) in [6.45, 7) is 1.68. The monoisotopic (exact) mass is 243 g/mol. The number of hydrogen-bond acceptors (Lipinski definition) is 2. The molecule has 0 aromatic heterocycles. The Kier molecular flexibility index (Phi) is 3.01. The van der Waals surface area contributed by atoms with Crippen molar-refractivity contribution in [1.29, 1.82) is 0 Å². The molecule has 1 aliphatic heterocycles. The minimum Gasteiger partial charge on any atom is -0.478 e. The molecule has 1 aromatic rings. The zero-order valence-electron chi connectivity index (χ0n) is 8.54. The van der Waals surface area contributed by atoms with Crippen LogP contribution in [0.15, 0.2) is 12.1 Å². The Morgan fingerprint density at radius 3 is 2.56 bits per heavy atom. The van der Waals surface area contributed by atoms with E-state index in [-0.39, 0.29) is 10.6 Å². The summed E-state index contributed by atoms with van der Waals surface area (Å²) in [5, 5.41) is 9.09. The highest BCUT2D eigenvalue weighted by Gasteiger charge is 2.20. The first-order chi connectivity index (χ1) is 7.59. The van der Waals surface area contributed by atoms with Gasteiger partial charge in [0, 0.05) is 13.1 Å². The summed E-state index contributed by atoms with van der Waals surface area (Å²) in [6.07, 6.45) is 2.10. The molecule has 16 heavy (non-hydrogen) atoms. The van der Waals surface area contributed by atoms with Crippen LogP contribution < -0.4 is 4.90 Å². The van der Waals surface area contributed by atoms with Crippen molar-refractivity contribution in [1.82, 2.24) is 0 Å². The Hall–Kier alpha value is -1.29. The summed E-state index contributed by atoms with van der Waals surface area (Å²) in [4.78, 5) is 12.8. The summed E-state index contributed by atoms with van der Waals surface area (Å²) in [7, 11) is 0. The molecule has 1 saturated heterocycles. The number of anilines is 1. The average molecular weight is 244 g/mol. The lowest BCUT2D eigenvalue weighted by Gasteiger charge is -2.19. The van der Waals surface area contributed by atoms with Crippen LogP contribution in [0, 0.1) is 5.82 Å². The van der Waals surface area contributed by atoms with E-state index in [0.29, 0.717) is 5.69 Å². The topological polar surface area (TPSA) is 40.5 Å². The summed E-state index contributed by atoms with van der Waals surface area (Å²) >= 11 is 5.91. The smallest absolute Gasteiger partial charge is 0.338 e. The fourth-order valence-electron chi connectivity index (χ4n) is 1.90. The fraction of sp³-hybridized carbons (Fsp3) is 0.364. The molecule has 1 aliphatic rings. The van der Waals surface area contributed by atoms with Crippen LogP contribution in [-0.2, 0) is 0 Å². The highest BCUT2D eigenvalue weighted by Crippen LogP contribution is 2.31. The molecule has 0 unspecified atom stereocenters. The predicted octanol–water partition coefficient (Wildman–Crippen LogP) is 2.78. The molecule has 86 valence electrons. The Labute approximate surface area is 97.4 Å². The second kappa shape index (κ2) is 4.29. The van der Waals surface area contributed by atoms with Crippen molar-refractivity contribution in [2.45, 2.75) is 12.8 Å². The van der Waals surface area contributed by atoms with E-state index in [9.17, 15) is 9.18 Å². The molecule has 3 nitrogen and oxygen atoms in total. The fourth-order valence-corrected chi connectivity index (χ4v) is 2.17. The molecule has 0 atom stereocenters. The zero-order chi connectivity index (χ0) is 11.7. The Bertz CT molecular complexity index is 430. The number of carboxylic acid groups (broad SMARTS) is 1. The number of rotatable bonds is 2. The molecule has 0 bridgehead atoms. The lowest BCUT2D eigenvalue weighted by atomic mass is 10.1. The van der Waals surface area contributed by atoms with E-state index < -0.39 is 11.8 Å². The van der Waals surface area contributed by atoms with Gasteiger partial charge in [-0.05, 0) is 25.0 Å². The molecule has 1 heterocycles. The normalized spacial score (nSPS) is 15.5. The van der Waals surface area contributed by atoms with E-state index in [2.05, 4.69) is 0 Å². The predicted molar refractivity (Wildman–Crippen MR) is 59.8 cm³/mol. The van der Waals surface area contributed by atoms with Gasteiger partial charge in [0.25, 0.3) is 0 Å². The molecule has 0 aliphatic carbocycles. The summed E-state index contributed by atoms with van der Waals surface area (Å²) in [6, 6.07) is 2.38. The molecule has 0 saturated carbocycles. The highest BCUT2D eigenvalue weighted by molar-refractivity contribution is 6.33. The van der Waals surface area contributed by atoms with Gasteiger partial charge < -0.3 is 10.0 Å². The average Bonchev–Trinajstić information content (AvgIpc) is 2.70. The number of carbonyl (C=O) groups is 1. The van der Waals surface area contributed by atoms with Crippen molar-refractivity contribution in [3.05, 3.63) is 28.5 Å². The molecule has 0 spiro atoms. The Morgan fingerprint density at radius 1 is 1.38 bits per heavy atom. The van der Waals surface area contributed by atoms with Gasteiger partial charge in [-0.25, -0.2) is 9.18 Å². The first kappa shape index (κ1) is 11.2. The first-order valence-electron chi connectivity index (χ1n) is 5.07. The largest absolute Gasteiger partial charge is 0.478 e. The van der Waals surface area contributed by atoms with Crippen molar-refractivity contribution in [2.75, 3.05) is 18.0 Å². The van der Waals surface area contributed by atoms with Gasteiger partial charge >= 0.3 is 5.97 Å². The number of carboxylic acids is 1. The molecule has 2 rings (SSSR count). The minimum absolute atomic E-state index is 0.268. The third-order valence-electron chi connectivity index (χ3n) is 2.71. The van der Waals surface area contributed by atoms with Crippen molar-refractivity contribution in [3.63, 3.8) is 0 Å². The molecule has 0 radical (unpaired) electrons. The van der Waals surface area contributed by atoms with E-state index in [4.69, 9.17) is 16.7 Å². The van der Waals surface area contributed by atoms with Crippen molar-refractivity contribution >= 4 is 23.3 Å². The Morgan fingerprint density at radius 2 is 2.00 bits per heavy atom. The van der Waals surface area contributed by atoms with Crippen LogP contribution >= 0.6 is 11.6 Å². The van der Waals surface area contributed by atoms with Crippen LogP contribution in [0.5, 0.6) is 0 Å². The van der Waals surface area contributed by atoms with Crippen molar-refractivity contribution in [3.8, 4) is 0 Å². The minimum atomic E-state index is -1.27. The van der Waals surface area contributed by atoms with Gasteiger partial charge in [-0.15, -0.1) is 0 Å². The maximum atomic E-state index is 13.3. The second-order valence-corrected chi connectivity index (χ2v) is 4.19. The van der Waals surface area contributed by atoms with E-state index in [0.717, 1.165) is 32.0 Å². The lowest BCUT2D eigenvalue weighted by Crippen LogP contribution is -2.19. The maximum Gasteiger partial charge on any atom is 0.338 e. The first-order valence-corrected chi connectivity index (χ1v) is 5.44. The maximum absolute atomic E-state index is 13.3. The van der Waals surface area contributed by atoms with Crippen LogP contribution in [0.4, 0.5) is 10.1 Å². The van der Waals surface area contributed by atoms with Crippen LogP contribution in [-0.4, -0.2) is 24.2 Å². The second-order valence-electron chi connectivity index (χ2n) is 3.78. The zero-order valence-corrected chi connectivity index (χ0v) is 9.30. The molecule has 1 fully saturated rings. The van der Waals surface area contributed by atoms with E-state index >= 15 is 0 Å². The molecule has 1 aromatic carbocycles. The van der Waals surface area contributed by atoms with Gasteiger partial charge in [-0.1, -0.05) is 11.6 Å². The van der Waals surface area contributed by atoms with Gasteiger partial charge in [-0.3, -0.25) is 0 Å². The van der Waals surface area contributed by atoms with Gasteiger partial charge in [-0.2, -0.15) is 0 Å². The highest BCUT2D eigenvalue weighted by atomic mass is 35.5. The van der Waals surface area contributed by atoms with Crippen LogP contribution in [0.1, 0.15) is 23.2 Å². The lowest BCUT2D eigenvalue weighted by molar-refractivity contribution is 0.0692. The molecule has 0 amide bonds. The van der Waals surface area contributed by atoms with Crippen LogP contribution in [0.3, 0.4) is 0 Å². The van der Waals surface area contributed by atoms with Crippen molar-refractivity contribution < 1.29 is 14.3 Å². The SMILES string of the molecule is O=C(O)c1cc(N2CCCC2)c(Cl)cc1F. The molecule has 5 heteroatoms. The number of aromatic carboxylic acids is 1. The molecular formula is C11H11ClFNO2. The molecule has 1 N–H and O–H groups in total. The van der Waals surface area contributed by atoms with Gasteiger partial charge in [0.1, 0.15) is 5.82 Å². The number of benzene rings is 1. The number of halogens is 2. The molecular weight excluding hydrogens is 233 g/mol. The summed E-state index contributed by atoms with van der Waals surface area (Å²) in [5.74, 6) is -2.06. The van der Waals surface area contributed by atoms with Gasteiger partial charge in [0.2, 0.25) is 0 Å². The Balaban J connectivity index is 2.44. The number of hydrogen-bond donors (Lipinski definition) is 1.